The normalized spacial score (nSPS) is 15.2. The van der Waals surface area contributed by atoms with Gasteiger partial charge in [-0.15, -0.1) is 0 Å². The van der Waals surface area contributed by atoms with Crippen LogP contribution >= 0.6 is 0 Å². The Morgan fingerprint density at radius 1 is 1.08 bits per heavy atom. The lowest BCUT2D eigenvalue weighted by Crippen LogP contribution is -2.04. The van der Waals surface area contributed by atoms with Crippen molar-refractivity contribution >= 4 is 23.6 Å². The summed E-state index contributed by atoms with van der Waals surface area (Å²) in [6.07, 6.45) is 2.88. The van der Waals surface area contributed by atoms with Crippen molar-refractivity contribution < 1.29 is 23.3 Å². The van der Waals surface area contributed by atoms with E-state index >= 15 is 0 Å². The molecular formula is C18H10N2O6. The summed E-state index contributed by atoms with van der Waals surface area (Å²) in [6, 6.07) is 12.6. The Bertz CT molecular complexity index is 1060. The Balaban J connectivity index is 1.62. The van der Waals surface area contributed by atoms with Crippen molar-refractivity contribution in [2.45, 2.75) is 0 Å². The SMILES string of the molecule is O=C1OC(c2ccco2)=N/C1=C/c1ccc(-c2cccc([N+](=O)[O-])c2)o1. The molecule has 1 aliphatic heterocycles. The largest absolute Gasteiger partial charge is 0.459 e. The molecule has 1 aliphatic rings. The van der Waals surface area contributed by atoms with Crippen molar-refractivity contribution in [3.05, 3.63) is 82.1 Å². The Kier molecular flexibility index (Phi) is 3.70. The Morgan fingerprint density at radius 3 is 2.73 bits per heavy atom. The highest BCUT2D eigenvalue weighted by atomic mass is 16.6. The second-order valence-corrected chi connectivity index (χ2v) is 5.32. The molecule has 0 fully saturated rings. The lowest BCUT2D eigenvalue weighted by atomic mass is 10.1. The minimum Gasteiger partial charge on any atom is -0.459 e. The lowest BCUT2D eigenvalue weighted by molar-refractivity contribution is -0.384. The molecule has 0 bridgehead atoms. The monoisotopic (exact) mass is 350 g/mol. The van der Waals surface area contributed by atoms with Gasteiger partial charge in [0.1, 0.15) is 11.5 Å². The van der Waals surface area contributed by atoms with Gasteiger partial charge in [0.15, 0.2) is 11.5 Å². The molecule has 0 N–H and O–H groups in total. The van der Waals surface area contributed by atoms with Crippen LogP contribution in [-0.4, -0.2) is 16.8 Å². The third-order valence-electron chi connectivity index (χ3n) is 3.60. The van der Waals surface area contributed by atoms with Crippen LogP contribution in [0.4, 0.5) is 5.69 Å². The number of benzene rings is 1. The zero-order valence-electron chi connectivity index (χ0n) is 13.1. The van der Waals surface area contributed by atoms with E-state index in [0.717, 1.165) is 0 Å². The molecule has 8 nitrogen and oxygen atoms in total. The highest BCUT2D eigenvalue weighted by Crippen LogP contribution is 2.27. The average Bonchev–Trinajstić information content (AvgIpc) is 3.37. The fraction of sp³-hybridized carbons (Fsp3) is 0. The number of carbonyl (C=O) groups is 1. The molecule has 0 spiro atoms. The van der Waals surface area contributed by atoms with Crippen LogP contribution < -0.4 is 0 Å². The minimum absolute atomic E-state index is 0.0362. The number of non-ortho nitro benzene ring substituents is 1. The number of nitro benzene ring substituents is 1. The molecule has 0 atom stereocenters. The molecule has 0 amide bonds. The molecule has 3 aromatic rings. The van der Waals surface area contributed by atoms with E-state index in [1.165, 1.54) is 24.5 Å². The summed E-state index contributed by atoms with van der Waals surface area (Å²) in [5.41, 5.74) is 0.583. The number of furan rings is 2. The molecule has 2 aromatic heterocycles. The van der Waals surface area contributed by atoms with E-state index in [1.807, 2.05) is 0 Å². The number of nitrogens with zero attached hydrogens (tertiary/aromatic N) is 2. The summed E-state index contributed by atoms with van der Waals surface area (Å²) in [6.45, 7) is 0. The van der Waals surface area contributed by atoms with Gasteiger partial charge in [0, 0.05) is 23.8 Å². The van der Waals surface area contributed by atoms with E-state index in [4.69, 9.17) is 13.6 Å². The maximum atomic E-state index is 11.9. The second kappa shape index (κ2) is 6.17. The molecule has 0 unspecified atom stereocenters. The van der Waals surface area contributed by atoms with E-state index in [-0.39, 0.29) is 17.3 Å². The molecule has 0 radical (unpaired) electrons. The zero-order chi connectivity index (χ0) is 18.1. The average molecular weight is 350 g/mol. The smallest absolute Gasteiger partial charge is 0.364 e. The van der Waals surface area contributed by atoms with Crippen LogP contribution in [0, 0.1) is 10.1 Å². The highest BCUT2D eigenvalue weighted by molar-refractivity contribution is 6.11. The predicted octanol–water partition coefficient (Wildman–Crippen LogP) is 3.79. The van der Waals surface area contributed by atoms with Crippen LogP contribution in [0.2, 0.25) is 0 Å². The second-order valence-electron chi connectivity index (χ2n) is 5.32. The van der Waals surface area contributed by atoms with E-state index < -0.39 is 10.9 Å². The van der Waals surface area contributed by atoms with Crippen molar-refractivity contribution in [2.75, 3.05) is 0 Å². The molecule has 1 aromatic carbocycles. The Morgan fingerprint density at radius 2 is 1.96 bits per heavy atom. The van der Waals surface area contributed by atoms with Crippen molar-refractivity contribution in [1.29, 1.82) is 0 Å². The van der Waals surface area contributed by atoms with Gasteiger partial charge in [0.25, 0.3) is 11.6 Å². The number of esters is 1. The molecule has 0 saturated carbocycles. The third-order valence-corrected chi connectivity index (χ3v) is 3.60. The zero-order valence-corrected chi connectivity index (χ0v) is 13.1. The number of aliphatic imine (C=N–C) groups is 1. The summed E-state index contributed by atoms with van der Waals surface area (Å²) >= 11 is 0. The first kappa shape index (κ1) is 15.6. The molecule has 26 heavy (non-hydrogen) atoms. The van der Waals surface area contributed by atoms with Crippen molar-refractivity contribution in [3.8, 4) is 11.3 Å². The van der Waals surface area contributed by atoms with Gasteiger partial charge in [-0.1, -0.05) is 12.1 Å². The van der Waals surface area contributed by atoms with Crippen LogP contribution in [0.15, 0.2) is 74.3 Å². The first-order valence-corrected chi connectivity index (χ1v) is 7.51. The van der Waals surface area contributed by atoms with Gasteiger partial charge in [-0.2, -0.15) is 0 Å². The van der Waals surface area contributed by atoms with E-state index in [1.54, 1.807) is 36.4 Å². The number of hydrogen-bond donors (Lipinski definition) is 0. The summed E-state index contributed by atoms with van der Waals surface area (Å²) in [5, 5.41) is 10.9. The molecular weight excluding hydrogens is 340 g/mol. The van der Waals surface area contributed by atoms with Gasteiger partial charge in [-0.05, 0) is 24.3 Å². The number of nitro groups is 1. The van der Waals surface area contributed by atoms with E-state index in [0.29, 0.717) is 22.8 Å². The Hall–Kier alpha value is -3.94. The van der Waals surface area contributed by atoms with E-state index in [2.05, 4.69) is 4.99 Å². The first-order valence-electron chi connectivity index (χ1n) is 7.51. The summed E-state index contributed by atoms with van der Waals surface area (Å²) in [5.74, 6) is 0.602. The summed E-state index contributed by atoms with van der Waals surface area (Å²) in [4.78, 5) is 26.4. The fourth-order valence-corrected chi connectivity index (χ4v) is 2.41. The van der Waals surface area contributed by atoms with Crippen molar-refractivity contribution in [3.63, 3.8) is 0 Å². The molecule has 128 valence electrons. The molecule has 3 heterocycles. The van der Waals surface area contributed by atoms with Gasteiger partial charge >= 0.3 is 5.97 Å². The summed E-state index contributed by atoms with van der Waals surface area (Å²) in [7, 11) is 0. The number of rotatable bonds is 4. The quantitative estimate of drug-likeness (QED) is 0.306. The predicted molar refractivity (Wildman–Crippen MR) is 90.1 cm³/mol. The molecule has 4 rings (SSSR count). The number of hydrogen-bond acceptors (Lipinski definition) is 7. The van der Waals surface area contributed by atoms with Crippen LogP contribution in [-0.2, 0) is 9.53 Å². The van der Waals surface area contributed by atoms with Gasteiger partial charge in [0.05, 0.1) is 11.2 Å². The molecule has 0 saturated heterocycles. The maximum Gasteiger partial charge on any atom is 0.364 e. The minimum atomic E-state index is -0.621. The lowest BCUT2D eigenvalue weighted by Gasteiger charge is -1.97. The van der Waals surface area contributed by atoms with Crippen molar-refractivity contribution in [2.24, 2.45) is 4.99 Å². The van der Waals surface area contributed by atoms with Crippen molar-refractivity contribution in [1.82, 2.24) is 0 Å². The van der Waals surface area contributed by atoms with Gasteiger partial charge < -0.3 is 13.6 Å². The number of cyclic esters (lactones) is 1. The highest BCUT2D eigenvalue weighted by Gasteiger charge is 2.26. The van der Waals surface area contributed by atoms with Crippen LogP contribution in [0.5, 0.6) is 0 Å². The third kappa shape index (κ3) is 2.91. The van der Waals surface area contributed by atoms with E-state index in [9.17, 15) is 14.9 Å². The number of carbonyl (C=O) groups excluding carboxylic acids is 1. The summed E-state index contributed by atoms with van der Waals surface area (Å²) < 4.78 is 15.8. The van der Waals surface area contributed by atoms with Crippen LogP contribution in [0.1, 0.15) is 11.5 Å². The molecule has 0 aliphatic carbocycles. The maximum absolute atomic E-state index is 11.9. The standard InChI is InChI=1S/C18H10N2O6/c21-18-14(19-17(26-18)16-5-2-8-24-16)10-13-6-7-15(25-13)11-3-1-4-12(9-11)20(22)23/h1-10H/b14-10+. The van der Waals surface area contributed by atoms with Crippen LogP contribution in [0.3, 0.4) is 0 Å². The topological polar surface area (TPSA) is 108 Å². The van der Waals surface area contributed by atoms with Gasteiger partial charge in [-0.3, -0.25) is 10.1 Å². The Labute approximate surface area is 146 Å². The first-order chi connectivity index (χ1) is 12.6. The van der Waals surface area contributed by atoms with Gasteiger partial charge in [-0.25, -0.2) is 9.79 Å². The van der Waals surface area contributed by atoms with Crippen LogP contribution in [0.25, 0.3) is 17.4 Å². The number of ether oxygens (including phenoxy) is 1. The fourth-order valence-electron chi connectivity index (χ4n) is 2.41. The molecule has 8 heteroatoms. The van der Waals surface area contributed by atoms with Gasteiger partial charge in [0.2, 0.25) is 0 Å².